The van der Waals surface area contributed by atoms with Crippen LogP contribution >= 0.6 is 43.2 Å². The molecule has 1 heterocycles. The van der Waals surface area contributed by atoms with Gasteiger partial charge in [0, 0.05) is 10.9 Å². The predicted octanol–water partition coefficient (Wildman–Crippen LogP) is 7.07. The predicted molar refractivity (Wildman–Crippen MR) is 119 cm³/mol. The van der Waals surface area contributed by atoms with Crippen LogP contribution in [0, 0.1) is 5.41 Å². The number of carbonyl (C=O) groups excluding carboxylic acids is 1. The summed E-state index contributed by atoms with van der Waals surface area (Å²) in [6.07, 6.45) is 4.32. The average molecular weight is 515 g/mol. The first-order valence-corrected chi connectivity index (χ1v) is 12.0. The largest absolute Gasteiger partial charge is 0.462 e. The third kappa shape index (κ3) is 4.48. The van der Waals surface area contributed by atoms with E-state index in [1.54, 1.807) is 0 Å². The molecule has 0 atom stereocenters. The van der Waals surface area contributed by atoms with Crippen LogP contribution in [0.5, 0.6) is 0 Å². The number of hydrogen-bond donors (Lipinski definition) is 0. The van der Waals surface area contributed by atoms with Gasteiger partial charge in [0.2, 0.25) is 0 Å². The van der Waals surface area contributed by atoms with Gasteiger partial charge in [0.05, 0.1) is 16.6 Å². The lowest BCUT2D eigenvalue weighted by Gasteiger charge is -2.38. The third-order valence-electron chi connectivity index (χ3n) is 5.28. The van der Waals surface area contributed by atoms with Gasteiger partial charge in [0.1, 0.15) is 9.88 Å². The van der Waals surface area contributed by atoms with Crippen LogP contribution in [0.15, 0.2) is 24.3 Å². The molecular weight excluding hydrogens is 490 g/mol. The Morgan fingerprint density at radius 1 is 1.22 bits per heavy atom. The normalized spacial score (nSPS) is 18.3. The zero-order valence-electron chi connectivity index (χ0n) is 16.0. The van der Waals surface area contributed by atoms with E-state index in [0.29, 0.717) is 22.2 Å². The molecule has 27 heavy (non-hydrogen) atoms. The number of halogens is 2. The number of carbonyl (C=O) groups is 1. The first-order valence-electron chi connectivity index (χ1n) is 9.31. The number of aromatic nitrogens is 1. The molecule has 146 valence electrons. The zero-order valence-corrected chi connectivity index (χ0v) is 20.0. The van der Waals surface area contributed by atoms with Crippen LogP contribution in [-0.4, -0.2) is 17.6 Å². The first kappa shape index (κ1) is 21.0. The number of rotatable bonds is 5. The Bertz CT molecular complexity index is 821. The second-order valence-electron chi connectivity index (χ2n) is 7.84. The second kappa shape index (κ2) is 8.34. The van der Waals surface area contributed by atoms with Crippen LogP contribution < -0.4 is 0 Å². The molecule has 1 saturated carbocycles. The molecule has 1 aliphatic carbocycles. The number of hydrogen-bond acceptors (Lipinski definition) is 4. The SMILES string of the molecule is CCOC(=O)c1sc(C2(Br)CCC(C)(C)CC2)nc1-c1ccccc1CBr. The molecule has 0 N–H and O–H groups in total. The summed E-state index contributed by atoms with van der Waals surface area (Å²) in [6.45, 7) is 6.84. The van der Waals surface area contributed by atoms with Gasteiger partial charge < -0.3 is 4.74 Å². The molecule has 0 bridgehead atoms. The van der Waals surface area contributed by atoms with Gasteiger partial charge in [-0.1, -0.05) is 70.0 Å². The average Bonchev–Trinajstić information content (AvgIpc) is 3.11. The van der Waals surface area contributed by atoms with E-state index in [-0.39, 0.29) is 10.3 Å². The Morgan fingerprint density at radius 2 is 1.89 bits per heavy atom. The second-order valence-corrected chi connectivity index (χ2v) is 10.9. The highest BCUT2D eigenvalue weighted by Crippen LogP contribution is 2.52. The van der Waals surface area contributed by atoms with Crippen molar-refractivity contribution in [2.45, 2.75) is 56.1 Å². The summed E-state index contributed by atoms with van der Waals surface area (Å²) in [5.41, 5.74) is 3.22. The monoisotopic (exact) mass is 513 g/mol. The van der Waals surface area contributed by atoms with E-state index in [4.69, 9.17) is 9.72 Å². The van der Waals surface area contributed by atoms with Crippen molar-refractivity contribution < 1.29 is 9.53 Å². The van der Waals surface area contributed by atoms with Crippen LogP contribution in [0.4, 0.5) is 0 Å². The van der Waals surface area contributed by atoms with E-state index in [1.807, 2.05) is 25.1 Å². The topological polar surface area (TPSA) is 39.2 Å². The molecule has 1 aromatic heterocycles. The Labute approximate surface area is 182 Å². The fourth-order valence-corrected chi connectivity index (χ4v) is 5.76. The minimum Gasteiger partial charge on any atom is -0.462 e. The zero-order chi connectivity index (χ0) is 19.7. The van der Waals surface area contributed by atoms with Crippen molar-refractivity contribution in [1.82, 2.24) is 4.98 Å². The van der Waals surface area contributed by atoms with Gasteiger partial charge in [-0.05, 0) is 43.6 Å². The molecule has 6 heteroatoms. The standard InChI is InChI=1S/C21H25Br2NO2S/c1-4-26-18(25)17-16(15-8-6-5-7-14(15)13-22)24-19(27-17)21(23)11-9-20(2,3)10-12-21/h5-8H,4,9-13H2,1-3H3. The number of ether oxygens (including phenoxy) is 1. The highest BCUT2D eigenvalue weighted by Gasteiger charge is 2.41. The number of benzene rings is 1. The van der Waals surface area contributed by atoms with E-state index in [0.717, 1.165) is 47.5 Å². The smallest absolute Gasteiger partial charge is 0.350 e. The van der Waals surface area contributed by atoms with Crippen LogP contribution in [0.1, 0.15) is 66.7 Å². The first-order chi connectivity index (χ1) is 12.8. The Morgan fingerprint density at radius 3 is 2.52 bits per heavy atom. The van der Waals surface area contributed by atoms with E-state index in [9.17, 15) is 4.79 Å². The summed E-state index contributed by atoms with van der Waals surface area (Å²) in [4.78, 5) is 18.2. The summed E-state index contributed by atoms with van der Waals surface area (Å²) in [6, 6.07) is 8.09. The van der Waals surface area contributed by atoms with Gasteiger partial charge >= 0.3 is 5.97 Å². The molecule has 1 aliphatic rings. The molecule has 0 amide bonds. The van der Waals surface area contributed by atoms with Crippen LogP contribution in [0.3, 0.4) is 0 Å². The maximum Gasteiger partial charge on any atom is 0.350 e. The van der Waals surface area contributed by atoms with Crippen LogP contribution in [0.2, 0.25) is 0 Å². The van der Waals surface area contributed by atoms with Crippen LogP contribution in [0.25, 0.3) is 11.3 Å². The summed E-state index contributed by atoms with van der Waals surface area (Å²) in [5, 5.41) is 1.70. The Hall–Kier alpha value is -0.720. The number of nitrogens with zero attached hydrogens (tertiary/aromatic N) is 1. The summed E-state index contributed by atoms with van der Waals surface area (Å²) in [5.74, 6) is -0.284. The van der Waals surface area contributed by atoms with E-state index < -0.39 is 0 Å². The molecule has 0 unspecified atom stereocenters. The summed E-state index contributed by atoms with van der Waals surface area (Å²) in [7, 11) is 0. The van der Waals surface area contributed by atoms with E-state index in [1.165, 1.54) is 11.3 Å². The lowest BCUT2D eigenvalue weighted by atomic mass is 9.73. The van der Waals surface area contributed by atoms with Gasteiger partial charge in [-0.2, -0.15) is 0 Å². The Kier molecular flexibility index (Phi) is 6.48. The van der Waals surface area contributed by atoms with Crippen LogP contribution in [-0.2, 0) is 14.4 Å². The number of thiazole rings is 1. The molecule has 2 aromatic rings. The van der Waals surface area contributed by atoms with Gasteiger partial charge in [0.15, 0.2) is 0 Å². The Balaban J connectivity index is 2.06. The molecule has 0 radical (unpaired) electrons. The van der Waals surface area contributed by atoms with Crippen molar-refractivity contribution in [3.8, 4) is 11.3 Å². The molecule has 3 rings (SSSR count). The fourth-order valence-electron chi connectivity index (χ4n) is 3.43. The molecule has 3 nitrogen and oxygen atoms in total. The summed E-state index contributed by atoms with van der Waals surface area (Å²) < 4.78 is 5.18. The van der Waals surface area contributed by atoms with Crippen molar-refractivity contribution in [3.63, 3.8) is 0 Å². The highest BCUT2D eigenvalue weighted by molar-refractivity contribution is 9.09. The van der Waals surface area contributed by atoms with Gasteiger partial charge in [-0.3, -0.25) is 0 Å². The quantitative estimate of drug-likeness (QED) is 0.316. The molecule has 0 spiro atoms. The van der Waals surface area contributed by atoms with E-state index in [2.05, 4.69) is 51.8 Å². The molecule has 0 saturated heterocycles. The van der Waals surface area contributed by atoms with Crippen molar-refractivity contribution in [3.05, 3.63) is 39.7 Å². The van der Waals surface area contributed by atoms with Gasteiger partial charge in [0.25, 0.3) is 0 Å². The third-order valence-corrected chi connectivity index (χ3v) is 8.56. The molecule has 1 fully saturated rings. The number of esters is 1. The lowest BCUT2D eigenvalue weighted by molar-refractivity contribution is 0.0532. The highest BCUT2D eigenvalue weighted by atomic mass is 79.9. The molecule has 1 aromatic carbocycles. The minimum absolute atomic E-state index is 0.157. The van der Waals surface area contributed by atoms with Gasteiger partial charge in [-0.15, -0.1) is 11.3 Å². The van der Waals surface area contributed by atoms with Gasteiger partial charge in [-0.25, -0.2) is 9.78 Å². The maximum atomic E-state index is 12.7. The fraction of sp³-hybridized carbons (Fsp3) is 0.524. The van der Waals surface area contributed by atoms with Crippen molar-refractivity contribution in [1.29, 1.82) is 0 Å². The molecular formula is C21H25Br2NO2S. The minimum atomic E-state index is -0.284. The van der Waals surface area contributed by atoms with Crippen molar-refractivity contribution in [2.24, 2.45) is 5.41 Å². The lowest BCUT2D eigenvalue weighted by Crippen LogP contribution is -2.29. The number of alkyl halides is 2. The maximum absolute atomic E-state index is 12.7. The molecule has 0 aliphatic heterocycles. The van der Waals surface area contributed by atoms with E-state index >= 15 is 0 Å². The summed E-state index contributed by atoms with van der Waals surface area (Å²) >= 11 is 9.02. The van der Waals surface area contributed by atoms with Crippen molar-refractivity contribution >= 4 is 49.2 Å². The van der Waals surface area contributed by atoms with Crippen molar-refractivity contribution in [2.75, 3.05) is 6.61 Å².